The van der Waals surface area contributed by atoms with E-state index in [1.54, 1.807) is 12.1 Å². The maximum absolute atomic E-state index is 13.4. The van der Waals surface area contributed by atoms with Crippen LogP contribution in [0.4, 0.5) is 11.4 Å². The zero-order chi connectivity index (χ0) is 28.6. The molecule has 0 atom stereocenters. The topological polar surface area (TPSA) is 111 Å². The SMILES string of the molecule is CC(C)CN(Cc1ccccc1)c1ccc(-c2ccccc2-c2nnn[nH]2)cc1NC(=O)Cc1ccc(C#N)cc1. The summed E-state index contributed by atoms with van der Waals surface area (Å²) in [5.74, 6) is 0.840. The van der Waals surface area contributed by atoms with Gasteiger partial charge in [0.2, 0.25) is 5.91 Å². The van der Waals surface area contributed by atoms with E-state index in [9.17, 15) is 4.79 Å². The first-order valence-electron chi connectivity index (χ1n) is 13.6. The molecule has 0 unspecified atom stereocenters. The molecule has 0 bridgehead atoms. The van der Waals surface area contributed by atoms with Gasteiger partial charge in [0, 0.05) is 18.7 Å². The number of benzene rings is 4. The second kappa shape index (κ2) is 12.7. The van der Waals surface area contributed by atoms with Gasteiger partial charge in [-0.05, 0) is 62.9 Å². The molecule has 5 aromatic rings. The Morgan fingerprint density at radius 1 is 0.927 bits per heavy atom. The fourth-order valence-electron chi connectivity index (χ4n) is 4.86. The monoisotopic (exact) mass is 541 g/mol. The number of H-pyrrole nitrogens is 1. The summed E-state index contributed by atoms with van der Waals surface area (Å²) in [5, 5.41) is 26.8. The number of tetrazole rings is 1. The third-order valence-corrected chi connectivity index (χ3v) is 6.70. The van der Waals surface area contributed by atoms with Crippen LogP contribution in [-0.4, -0.2) is 33.1 Å². The van der Waals surface area contributed by atoms with E-state index in [1.807, 2.05) is 60.7 Å². The number of nitrogens with one attached hydrogen (secondary N) is 2. The molecule has 4 aromatic carbocycles. The standard InChI is InChI=1S/C33H31N7O/c1-23(2)21-40(22-26-8-4-3-5-9-26)31-17-16-27(28-10-6-7-11-29(28)33-36-38-39-37-33)19-30(31)35-32(41)18-24-12-14-25(20-34)15-13-24/h3-17,19,23H,18,21-22H2,1-2H3,(H,35,41)(H,36,37,38,39). The third kappa shape index (κ3) is 6.84. The van der Waals surface area contributed by atoms with Crippen LogP contribution in [0.3, 0.4) is 0 Å². The predicted molar refractivity (Wildman–Crippen MR) is 161 cm³/mol. The molecule has 0 saturated carbocycles. The zero-order valence-electron chi connectivity index (χ0n) is 23.1. The van der Waals surface area contributed by atoms with Crippen molar-refractivity contribution in [2.75, 3.05) is 16.8 Å². The van der Waals surface area contributed by atoms with Crippen LogP contribution in [0.1, 0.15) is 30.5 Å². The summed E-state index contributed by atoms with van der Waals surface area (Å²) in [6.45, 7) is 5.90. The number of nitriles is 1. The summed E-state index contributed by atoms with van der Waals surface area (Å²) < 4.78 is 0. The minimum Gasteiger partial charge on any atom is -0.365 e. The molecule has 0 aliphatic heterocycles. The highest BCUT2D eigenvalue weighted by Crippen LogP contribution is 2.36. The van der Waals surface area contributed by atoms with Crippen LogP contribution in [-0.2, 0) is 17.8 Å². The molecule has 1 amide bonds. The Kier molecular flexibility index (Phi) is 8.46. The molecule has 1 heterocycles. The summed E-state index contributed by atoms with van der Waals surface area (Å²) >= 11 is 0. The predicted octanol–water partition coefficient (Wildman–Crippen LogP) is 6.25. The van der Waals surface area contributed by atoms with E-state index in [0.717, 1.165) is 40.2 Å². The average Bonchev–Trinajstić information content (AvgIpc) is 3.53. The van der Waals surface area contributed by atoms with Crippen molar-refractivity contribution >= 4 is 17.3 Å². The van der Waals surface area contributed by atoms with Crippen molar-refractivity contribution in [3.8, 4) is 28.6 Å². The number of rotatable bonds is 10. The smallest absolute Gasteiger partial charge is 0.228 e. The summed E-state index contributed by atoms with van der Waals surface area (Å²) in [4.78, 5) is 15.7. The maximum atomic E-state index is 13.4. The molecular weight excluding hydrogens is 510 g/mol. The van der Waals surface area contributed by atoms with E-state index in [1.165, 1.54) is 5.56 Å². The number of amides is 1. The molecule has 2 N–H and O–H groups in total. The highest BCUT2D eigenvalue weighted by atomic mass is 16.1. The first-order valence-corrected chi connectivity index (χ1v) is 13.6. The van der Waals surface area contributed by atoms with E-state index in [0.29, 0.717) is 23.9 Å². The van der Waals surface area contributed by atoms with Crippen LogP contribution in [0, 0.1) is 17.2 Å². The lowest BCUT2D eigenvalue weighted by atomic mass is 9.97. The van der Waals surface area contributed by atoms with Crippen molar-refractivity contribution in [1.82, 2.24) is 20.6 Å². The summed E-state index contributed by atoms with van der Waals surface area (Å²) in [5.41, 5.74) is 7.00. The first kappa shape index (κ1) is 27.3. The summed E-state index contributed by atoms with van der Waals surface area (Å²) in [7, 11) is 0. The van der Waals surface area contributed by atoms with E-state index in [4.69, 9.17) is 5.26 Å². The van der Waals surface area contributed by atoms with Gasteiger partial charge in [0.1, 0.15) is 0 Å². The third-order valence-electron chi connectivity index (χ3n) is 6.70. The molecule has 0 radical (unpaired) electrons. The van der Waals surface area contributed by atoms with Gasteiger partial charge in [0.05, 0.1) is 29.4 Å². The van der Waals surface area contributed by atoms with Gasteiger partial charge in [0.15, 0.2) is 5.82 Å². The van der Waals surface area contributed by atoms with Gasteiger partial charge in [-0.3, -0.25) is 4.79 Å². The van der Waals surface area contributed by atoms with Crippen LogP contribution in [0.5, 0.6) is 0 Å². The fraction of sp³-hybridized carbons (Fsp3) is 0.182. The quantitative estimate of drug-likeness (QED) is 0.216. The van der Waals surface area contributed by atoms with Crippen molar-refractivity contribution in [2.45, 2.75) is 26.8 Å². The molecule has 0 saturated heterocycles. The van der Waals surface area contributed by atoms with Gasteiger partial charge in [0.25, 0.3) is 0 Å². The second-order valence-corrected chi connectivity index (χ2v) is 10.3. The Labute approximate surface area is 239 Å². The van der Waals surface area contributed by atoms with Crippen molar-refractivity contribution < 1.29 is 4.79 Å². The number of hydrogen-bond donors (Lipinski definition) is 2. The van der Waals surface area contributed by atoms with Crippen molar-refractivity contribution in [3.05, 3.63) is 114 Å². The molecule has 0 aliphatic rings. The Balaban J connectivity index is 1.54. The largest absolute Gasteiger partial charge is 0.365 e. The van der Waals surface area contributed by atoms with Gasteiger partial charge in [-0.15, -0.1) is 5.10 Å². The van der Waals surface area contributed by atoms with Crippen LogP contribution in [0.15, 0.2) is 97.1 Å². The molecule has 204 valence electrons. The van der Waals surface area contributed by atoms with Crippen molar-refractivity contribution in [1.29, 1.82) is 5.26 Å². The average molecular weight is 542 g/mol. The highest BCUT2D eigenvalue weighted by molar-refractivity contribution is 5.97. The number of nitrogens with zero attached hydrogens (tertiary/aromatic N) is 5. The van der Waals surface area contributed by atoms with E-state index < -0.39 is 0 Å². The van der Waals surface area contributed by atoms with E-state index >= 15 is 0 Å². The van der Waals surface area contributed by atoms with Crippen molar-refractivity contribution in [2.24, 2.45) is 5.92 Å². The van der Waals surface area contributed by atoms with E-state index in [2.05, 4.69) is 75.0 Å². The van der Waals surface area contributed by atoms with Gasteiger partial charge < -0.3 is 10.2 Å². The van der Waals surface area contributed by atoms with Gasteiger partial charge in [-0.2, -0.15) is 5.26 Å². The number of aromatic nitrogens is 4. The van der Waals surface area contributed by atoms with Crippen LogP contribution in [0.25, 0.3) is 22.5 Å². The Morgan fingerprint density at radius 2 is 1.66 bits per heavy atom. The molecule has 41 heavy (non-hydrogen) atoms. The molecule has 0 aliphatic carbocycles. The summed E-state index contributed by atoms with van der Waals surface area (Å²) in [6, 6.07) is 33.6. The van der Waals surface area contributed by atoms with Gasteiger partial charge in [-0.1, -0.05) is 86.6 Å². The molecule has 1 aromatic heterocycles. The summed E-state index contributed by atoms with van der Waals surface area (Å²) in [6.07, 6.45) is 0.193. The van der Waals surface area contributed by atoms with Crippen molar-refractivity contribution in [3.63, 3.8) is 0 Å². The normalized spacial score (nSPS) is 10.8. The molecule has 8 nitrogen and oxygen atoms in total. The maximum Gasteiger partial charge on any atom is 0.228 e. The molecule has 5 rings (SSSR count). The zero-order valence-corrected chi connectivity index (χ0v) is 23.1. The number of carbonyl (C=O) groups is 1. The van der Waals surface area contributed by atoms with Gasteiger partial charge >= 0.3 is 0 Å². The molecule has 8 heteroatoms. The molecule has 0 fully saturated rings. The number of aromatic amines is 1. The van der Waals surface area contributed by atoms with Crippen LogP contribution >= 0.6 is 0 Å². The molecule has 0 spiro atoms. The van der Waals surface area contributed by atoms with Crippen LogP contribution < -0.4 is 10.2 Å². The number of carbonyl (C=O) groups excluding carboxylic acids is 1. The highest BCUT2D eigenvalue weighted by Gasteiger charge is 2.18. The second-order valence-electron chi connectivity index (χ2n) is 10.3. The molecular formula is C33H31N7O. The minimum absolute atomic E-state index is 0.134. The lowest BCUT2D eigenvalue weighted by molar-refractivity contribution is -0.115. The lowest BCUT2D eigenvalue weighted by Gasteiger charge is -2.29. The Hall–Kier alpha value is -5.29. The fourth-order valence-corrected chi connectivity index (χ4v) is 4.86. The Morgan fingerprint density at radius 3 is 2.34 bits per heavy atom. The lowest BCUT2D eigenvalue weighted by Crippen LogP contribution is -2.28. The first-order chi connectivity index (χ1) is 20.0. The Bertz CT molecular complexity index is 1640. The number of anilines is 2. The van der Waals surface area contributed by atoms with Crippen LogP contribution in [0.2, 0.25) is 0 Å². The van der Waals surface area contributed by atoms with E-state index in [-0.39, 0.29) is 12.3 Å². The number of hydrogen-bond acceptors (Lipinski definition) is 6. The van der Waals surface area contributed by atoms with Gasteiger partial charge in [-0.25, -0.2) is 5.10 Å². The minimum atomic E-state index is -0.134.